The molecule has 3 N–H and O–H groups in total. The molecule has 0 saturated carbocycles. The number of nitrogens with one attached hydrogen (secondary N) is 3. The van der Waals surface area contributed by atoms with Gasteiger partial charge in [0.15, 0.2) is 0 Å². The minimum absolute atomic E-state index is 0.158. The highest BCUT2D eigenvalue weighted by Crippen LogP contribution is 2.46. The molecule has 3 amide bonds. The molecule has 0 unspecified atom stereocenters. The van der Waals surface area contributed by atoms with E-state index in [0.29, 0.717) is 24.9 Å². The Morgan fingerprint density at radius 2 is 1.77 bits per heavy atom. The van der Waals surface area contributed by atoms with E-state index in [2.05, 4.69) is 21.7 Å². The highest BCUT2D eigenvalue weighted by Gasteiger charge is 2.49. The SMILES string of the molecule is CSCC[C@H](NC(=O)[C@H]1Cc2c([nH]c3ccccc23)[C@H]2c3ccccc3C(=O)N21)C(=O)NCc1ccccc1. The number of carbonyl (C=O) groups is 3. The van der Waals surface area contributed by atoms with Gasteiger partial charge >= 0.3 is 0 Å². The van der Waals surface area contributed by atoms with Crippen molar-refractivity contribution in [1.29, 1.82) is 0 Å². The first kappa shape index (κ1) is 25.2. The number of thioether (sulfide) groups is 1. The number of benzene rings is 3. The fraction of sp³-hybridized carbons (Fsp3) is 0.258. The number of para-hydroxylation sites is 1. The van der Waals surface area contributed by atoms with E-state index in [1.165, 1.54) is 0 Å². The Hall–Kier alpha value is -4.04. The number of hydrogen-bond donors (Lipinski definition) is 3. The third-order valence-corrected chi connectivity index (χ3v) is 8.35. The molecule has 39 heavy (non-hydrogen) atoms. The molecule has 0 bridgehead atoms. The fourth-order valence-corrected chi connectivity index (χ4v) is 6.29. The van der Waals surface area contributed by atoms with E-state index in [0.717, 1.165) is 39.0 Å². The first-order valence-electron chi connectivity index (χ1n) is 13.2. The van der Waals surface area contributed by atoms with Gasteiger partial charge < -0.3 is 20.5 Å². The number of H-pyrrole nitrogens is 1. The van der Waals surface area contributed by atoms with Crippen LogP contribution in [0, 0.1) is 0 Å². The number of aromatic amines is 1. The Kier molecular flexibility index (Phi) is 6.87. The van der Waals surface area contributed by atoms with Crippen LogP contribution in [0.3, 0.4) is 0 Å². The van der Waals surface area contributed by atoms with Crippen LogP contribution in [0.25, 0.3) is 10.9 Å². The Morgan fingerprint density at radius 3 is 2.59 bits per heavy atom. The predicted octanol–water partition coefficient (Wildman–Crippen LogP) is 4.19. The molecule has 0 spiro atoms. The second-order valence-electron chi connectivity index (χ2n) is 10.0. The van der Waals surface area contributed by atoms with Gasteiger partial charge in [0.25, 0.3) is 5.91 Å². The van der Waals surface area contributed by atoms with Crippen LogP contribution in [-0.4, -0.2) is 51.7 Å². The molecule has 0 fully saturated rings. The summed E-state index contributed by atoms with van der Waals surface area (Å²) in [5, 5.41) is 7.05. The van der Waals surface area contributed by atoms with Crippen LogP contribution in [0.15, 0.2) is 78.9 Å². The van der Waals surface area contributed by atoms with Crippen molar-refractivity contribution >= 4 is 40.4 Å². The molecule has 3 heterocycles. The normalized spacial score (nSPS) is 18.3. The van der Waals surface area contributed by atoms with Crippen molar-refractivity contribution in [2.24, 2.45) is 0 Å². The molecule has 2 aliphatic heterocycles. The van der Waals surface area contributed by atoms with Gasteiger partial charge in [-0.25, -0.2) is 0 Å². The van der Waals surface area contributed by atoms with E-state index < -0.39 is 12.1 Å². The number of rotatable bonds is 8. The lowest BCUT2D eigenvalue weighted by Gasteiger charge is -2.37. The molecule has 8 heteroatoms. The molecule has 1 aromatic heterocycles. The average Bonchev–Trinajstić information content (AvgIpc) is 3.49. The zero-order valence-corrected chi connectivity index (χ0v) is 22.5. The largest absolute Gasteiger partial charge is 0.356 e. The van der Waals surface area contributed by atoms with Crippen LogP contribution in [0.2, 0.25) is 0 Å². The van der Waals surface area contributed by atoms with Gasteiger partial charge in [-0.2, -0.15) is 11.8 Å². The van der Waals surface area contributed by atoms with E-state index >= 15 is 0 Å². The van der Waals surface area contributed by atoms with E-state index in [-0.39, 0.29) is 23.8 Å². The molecule has 4 aromatic rings. The summed E-state index contributed by atoms with van der Waals surface area (Å²) in [4.78, 5) is 46.1. The molecular formula is C31H30N4O3S. The number of carbonyl (C=O) groups excluding carboxylic acids is 3. The van der Waals surface area contributed by atoms with Crippen LogP contribution in [0.5, 0.6) is 0 Å². The maximum absolute atomic E-state index is 14.0. The van der Waals surface area contributed by atoms with Crippen molar-refractivity contribution in [3.05, 3.63) is 107 Å². The standard InChI is InChI=1S/C31H30N4O3S/c1-39-16-15-25(29(36)32-18-19-9-3-2-4-10-19)34-30(37)26-17-23-20-11-7-8-14-24(20)33-27(23)28-21-12-5-6-13-22(21)31(38)35(26)28/h2-14,25-26,28,33H,15-18H2,1H3,(H,32,36)(H,34,37)/t25-,26+,28+/m0/s1. The summed E-state index contributed by atoms with van der Waals surface area (Å²) in [6.07, 6.45) is 2.85. The monoisotopic (exact) mass is 538 g/mol. The van der Waals surface area contributed by atoms with Gasteiger partial charge in [-0.1, -0.05) is 66.7 Å². The molecule has 3 atom stereocenters. The molecule has 0 saturated heterocycles. The summed E-state index contributed by atoms with van der Waals surface area (Å²) >= 11 is 1.63. The molecule has 0 radical (unpaired) electrons. The van der Waals surface area contributed by atoms with E-state index in [1.807, 2.05) is 79.1 Å². The average molecular weight is 539 g/mol. The molecular weight excluding hydrogens is 508 g/mol. The Balaban J connectivity index is 1.30. The molecule has 6 rings (SSSR count). The maximum Gasteiger partial charge on any atom is 0.255 e. The van der Waals surface area contributed by atoms with Crippen molar-refractivity contribution in [3.8, 4) is 0 Å². The number of aromatic nitrogens is 1. The summed E-state index contributed by atoms with van der Waals surface area (Å²) in [6.45, 7) is 0.384. The number of amides is 3. The van der Waals surface area contributed by atoms with Crippen LogP contribution < -0.4 is 10.6 Å². The highest BCUT2D eigenvalue weighted by molar-refractivity contribution is 7.98. The lowest BCUT2D eigenvalue weighted by atomic mass is 9.89. The maximum atomic E-state index is 14.0. The lowest BCUT2D eigenvalue weighted by molar-refractivity contribution is -0.132. The molecule has 0 aliphatic carbocycles. The third-order valence-electron chi connectivity index (χ3n) is 7.71. The zero-order chi connectivity index (χ0) is 26.9. The summed E-state index contributed by atoms with van der Waals surface area (Å²) in [5.74, 6) is 0.0299. The third kappa shape index (κ3) is 4.59. The van der Waals surface area contributed by atoms with Crippen molar-refractivity contribution in [2.45, 2.75) is 37.5 Å². The number of fused-ring (bicyclic) bond motifs is 7. The van der Waals surface area contributed by atoms with Crippen molar-refractivity contribution in [2.75, 3.05) is 12.0 Å². The van der Waals surface area contributed by atoms with Crippen LogP contribution >= 0.6 is 11.8 Å². The Bertz CT molecular complexity index is 1550. The van der Waals surface area contributed by atoms with Crippen LogP contribution in [0.1, 0.15) is 45.2 Å². The van der Waals surface area contributed by atoms with Gasteiger partial charge in [-0.15, -0.1) is 0 Å². The summed E-state index contributed by atoms with van der Waals surface area (Å²) in [5.41, 5.74) is 5.49. The van der Waals surface area contributed by atoms with Crippen LogP contribution in [-0.2, 0) is 22.6 Å². The quantitative estimate of drug-likeness (QED) is 0.314. The molecule has 198 valence electrons. The molecule has 3 aromatic carbocycles. The minimum atomic E-state index is -0.736. The predicted molar refractivity (Wildman–Crippen MR) is 153 cm³/mol. The van der Waals surface area contributed by atoms with Gasteiger partial charge in [-0.3, -0.25) is 14.4 Å². The number of nitrogens with zero attached hydrogens (tertiary/aromatic N) is 1. The van der Waals surface area contributed by atoms with E-state index in [9.17, 15) is 14.4 Å². The zero-order valence-electron chi connectivity index (χ0n) is 21.6. The first-order chi connectivity index (χ1) is 19.1. The Labute approximate surface area is 231 Å². The fourth-order valence-electron chi connectivity index (χ4n) is 5.82. The van der Waals surface area contributed by atoms with Gasteiger partial charge in [0.1, 0.15) is 12.1 Å². The van der Waals surface area contributed by atoms with Crippen molar-refractivity contribution < 1.29 is 14.4 Å². The van der Waals surface area contributed by atoms with Gasteiger partial charge in [0.2, 0.25) is 11.8 Å². The summed E-state index contributed by atoms with van der Waals surface area (Å²) in [7, 11) is 0. The highest BCUT2D eigenvalue weighted by atomic mass is 32.2. The second kappa shape index (κ2) is 10.6. The van der Waals surface area contributed by atoms with Crippen molar-refractivity contribution in [3.63, 3.8) is 0 Å². The first-order valence-corrected chi connectivity index (χ1v) is 14.6. The second-order valence-corrected chi connectivity index (χ2v) is 11.0. The molecule has 2 aliphatic rings. The molecule has 7 nitrogen and oxygen atoms in total. The van der Waals surface area contributed by atoms with Gasteiger partial charge in [0, 0.05) is 35.1 Å². The minimum Gasteiger partial charge on any atom is -0.356 e. The lowest BCUT2D eigenvalue weighted by Crippen LogP contribution is -2.56. The number of hydrogen-bond acceptors (Lipinski definition) is 4. The van der Waals surface area contributed by atoms with Crippen LogP contribution in [0.4, 0.5) is 0 Å². The van der Waals surface area contributed by atoms with Gasteiger partial charge in [-0.05, 0) is 47.3 Å². The Morgan fingerprint density at radius 1 is 1.03 bits per heavy atom. The summed E-state index contributed by atoms with van der Waals surface area (Å²) in [6, 6.07) is 23.5. The van der Waals surface area contributed by atoms with E-state index in [1.54, 1.807) is 16.7 Å². The smallest absolute Gasteiger partial charge is 0.255 e. The van der Waals surface area contributed by atoms with Gasteiger partial charge in [0.05, 0.1) is 6.04 Å². The summed E-state index contributed by atoms with van der Waals surface area (Å²) < 4.78 is 0. The van der Waals surface area contributed by atoms with Crippen molar-refractivity contribution in [1.82, 2.24) is 20.5 Å². The topological polar surface area (TPSA) is 94.3 Å². The van der Waals surface area contributed by atoms with E-state index in [4.69, 9.17) is 0 Å².